The number of fused-ring (bicyclic) bond motifs is 2. The highest BCUT2D eigenvalue weighted by atomic mass is 16.6. The number of ether oxygens (including phenoxy) is 3. The predicted octanol–water partition coefficient (Wildman–Crippen LogP) is 4.08. The van der Waals surface area contributed by atoms with Crippen LogP contribution in [-0.2, 0) is 23.8 Å². The van der Waals surface area contributed by atoms with E-state index in [0.29, 0.717) is 24.8 Å². The van der Waals surface area contributed by atoms with Gasteiger partial charge in [-0.15, -0.1) is 0 Å². The number of rotatable bonds is 7. The van der Waals surface area contributed by atoms with Gasteiger partial charge in [0.15, 0.2) is 5.60 Å². The summed E-state index contributed by atoms with van der Waals surface area (Å²) in [6.07, 6.45) is 4.46. The summed E-state index contributed by atoms with van der Waals surface area (Å²) in [5, 5.41) is 22.4. The van der Waals surface area contributed by atoms with Crippen molar-refractivity contribution in [2.75, 3.05) is 0 Å². The Bertz CT molecular complexity index is 822. The van der Waals surface area contributed by atoms with Crippen molar-refractivity contribution in [1.82, 2.24) is 0 Å². The largest absolute Gasteiger partial charge is 0.458 e. The fourth-order valence-corrected chi connectivity index (χ4v) is 7.24. The maximum absolute atomic E-state index is 13.3. The van der Waals surface area contributed by atoms with Crippen LogP contribution >= 0.6 is 0 Å². The van der Waals surface area contributed by atoms with E-state index in [2.05, 4.69) is 13.5 Å². The van der Waals surface area contributed by atoms with Gasteiger partial charge in [-0.2, -0.15) is 0 Å². The Morgan fingerprint density at radius 3 is 2.66 bits per heavy atom. The van der Waals surface area contributed by atoms with Crippen LogP contribution < -0.4 is 0 Å². The quantitative estimate of drug-likeness (QED) is 0.314. The second-order valence-electron chi connectivity index (χ2n) is 11.9. The van der Waals surface area contributed by atoms with Crippen LogP contribution in [0.15, 0.2) is 12.2 Å². The van der Waals surface area contributed by atoms with E-state index in [1.54, 1.807) is 6.92 Å². The standard InChI is InChI=1S/C28H44O7/c1-6-7-8-9-10-11-22(30)34-21-15-19(29)16(2)14-20-24-23-18(12-13-27(24,4)32)17(3)26(31)35-28(21,5)25(23)33-20/h17-21,23-25,29,32H,2,6-15H2,1,3-5H3/t17-,18+,19-,20+,21-,23+,24+,25+,27-,28+/m0/s1. The number of hydrogen-bond donors (Lipinski definition) is 2. The van der Waals surface area contributed by atoms with Gasteiger partial charge < -0.3 is 24.4 Å². The third kappa shape index (κ3) is 4.93. The SMILES string of the molecule is C=C1C[C@H]2O[C@@H]3[C@@H]4[C@H](CC[C@](C)(O)[C@@H]42)[C@H](C)C(=O)O[C@]3(C)[C@@H](OC(=O)CCCCCCC)C[C@@H]1O. The highest BCUT2D eigenvalue weighted by Crippen LogP contribution is 2.59. The van der Waals surface area contributed by atoms with Crippen LogP contribution in [0.25, 0.3) is 0 Å². The Hall–Kier alpha value is -1.44. The molecule has 0 amide bonds. The molecular weight excluding hydrogens is 448 g/mol. The van der Waals surface area contributed by atoms with Crippen molar-refractivity contribution in [3.05, 3.63) is 12.2 Å². The maximum Gasteiger partial charge on any atom is 0.309 e. The first kappa shape index (κ1) is 26.6. The zero-order valence-electron chi connectivity index (χ0n) is 21.8. The van der Waals surface area contributed by atoms with Gasteiger partial charge in [-0.25, -0.2) is 0 Å². The molecule has 0 aromatic heterocycles. The number of aliphatic hydroxyl groups is 2. The van der Waals surface area contributed by atoms with Crippen molar-refractivity contribution in [2.24, 2.45) is 23.7 Å². The molecular formula is C28H44O7. The maximum atomic E-state index is 13.3. The Balaban J connectivity index is 1.67. The summed E-state index contributed by atoms with van der Waals surface area (Å²) in [5.41, 5.74) is -1.64. The second kappa shape index (κ2) is 10.1. The summed E-state index contributed by atoms with van der Waals surface area (Å²) in [7, 11) is 0. The molecule has 0 radical (unpaired) electrons. The first-order valence-corrected chi connectivity index (χ1v) is 13.7. The fourth-order valence-electron chi connectivity index (χ4n) is 7.24. The van der Waals surface area contributed by atoms with E-state index in [-0.39, 0.29) is 54.6 Å². The lowest BCUT2D eigenvalue weighted by molar-refractivity contribution is -0.209. The molecule has 7 nitrogen and oxygen atoms in total. The number of aliphatic hydroxyl groups excluding tert-OH is 1. The van der Waals surface area contributed by atoms with Gasteiger partial charge in [-0.3, -0.25) is 9.59 Å². The molecule has 7 heteroatoms. The molecule has 3 aliphatic heterocycles. The molecule has 4 fully saturated rings. The smallest absolute Gasteiger partial charge is 0.309 e. The van der Waals surface area contributed by atoms with Crippen molar-refractivity contribution in [1.29, 1.82) is 0 Å². The Kier molecular flexibility index (Phi) is 7.71. The molecule has 1 aliphatic carbocycles. The lowest BCUT2D eigenvalue weighted by atomic mass is 9.58. The molecule has 198 valence electrons. The van der Waals surface area contributed by atoms with E-state index >= 15 is 0 Å². The van der Waals surface area contributed by atoms with Crippen molar-refractivity contribution < 1.29 is 34.0 Å². The van der Waals surface area contributed by atoms with Crippen LogP contribution in [0, 0.1) is 23.7 Å². The van der Waals surface area contributed by atoms with Crippen LogP contribution in [0.2, 0.25) is 0 Å². The van der Waals surface area contributed by atoms with Crippen LogP contribution in [0.3, 0.4) is 0 Å². The van der Waals surface area contributed by atoms with E-state index < -0.39 is 29.5 Å². The first-order chi connectivity index (χ1) is 16.5. The highest BCUT2D eigenvalue weighted by molar-refractivity contribution is 5.74. The van der Waals surface area contributed by atoms with Gasteiger partial charge in [0.2, 0.25) is 0 Å². The van der Waals surface area contributed by atoms with Gasteiger partial charge in [0.1, 0.15) is 12.2 Å². The lowest BCUT2D eigenvalue weighted by Crippen LogP contribution is -2.58. The summed E-state index contributed by atoms with van der Waals surface area (Å²) in [6, 6.07) is 0. The molecule has 1 saturated carbocycles. The minimum Gasteiger partial charge on any atom is -0.458 e. The molecule has 0 spiro atoms. The Labute approximate surface area is 209 Å². The number of hydrogen-bond acceptors (Lipinski definition) is 7. The lowest BCUT2D eigenvalue weighted by Gasteiger charge is -2.47. The molecule has 2 bridgehead atoms. The van der Waals surface area contributed by atoms with Crippen molar-refractivity contribution >= 4 is 11.9 Å². The number of esters is 2. The zero-order chi connectivity index (χ0) is 25.5. The summed E-state index contributed by atoms with van der Waals surface area (Å²) in [4.78, 5) is 26.2. The number of carbonyl (C=O) groups excluding carboxylic acids is 2. The van der Waals surface area contributed by atoms with E-state index in [1.165, 1.54) is 0 Å². The van der Waals surface area contributed by atoms with Crippen molar-refractivity contribution in [3.8, 4) is 0 Å². The van der Waals surface area contributed by atoms with Gasteiger partial charge in [-0.1, -0.05) is 46.1 Å². The average Bonchev–Trinajstić information content (AvgIpc) is 3.16. The fraction of sp³-hybridized carbons (Fsp3) is 0.857. The molecule has 3 heterocycles. The van der Waals surface area contributed by atoms with Gasteiger partial charge >= 0.3 is 11.9 Å². The molecule has 2 N–H and O–H groups in total. The van der Waals surface area contributed by atoms with Gasteiger partial charge in [0.25, 0.3) is 0 Å². The first-order valence-electron chi connectivity index (χ1n) is 13.7. The van der Waals surface area contributed by atoms with Crippen LogP contribution in [0.5, 0.6) is 0 Å². The third-order valence-corrected chi connectivity index (χ3v) is 9.35. The highest BCUT2D eigenvalue weighted by Gasteiger charge is 2.67. The predicted molar refractivity (Wildman–Crippen MR) is 130 cm³/mol. The molecule has 0 aromatic rings. The molecule has 4 rings (SSSR count). The molecule has 3 saturated heterocycles. The van der Waals surface area contributed by atoms with Gasteiger partial charge in [0, 0.05) is 24.7 Å². The Morgan fingerprint density at radius 2 is 1.94 bits per heavy atom. The molecule has 0 unspecified atom stereocenters. The van der Waals surface area contributed by atoms with Gasteiger partial charge in [-0.05, 0) is 51.0 Å². The molecule has 35 heavy (non-hydrogen) atoms. The minimum absolute atomic E-state index is 0.0112. The van der Waals surface area contributed by atoms with E-state index in [1.807, 2.05) is 13.8 Å². The Morgan fingerprint density at radius 1 is 1.23 bits per heavy atom. The topological polar surface area (TPSA) is 102 Å². The van der Waals surface area contributed by atoms with Crippen LogP contribution in [0.1, 0.15) is 91.9 Å². The summed E-state index contributed by atoms with van der Waals surface area (Å²) in [6.45, 7) is 11.8. The zero-order valence-corrected chi connectivity index (χ0v) is 21.8. The number of unbranched alkanes of at least 4 members (excludes halogenated alkanes) is 4. The minimum atomic E-state index is -1.27. The normalized spacial score (nSPS) is 45.1. The van der Waals surface area contributed by atoms with E-state index in [9.17, 15) is 19.8 Å². The average molecular weight is 493 g/mol. The molecule has 10 atom stereocenters. The van der Waals surface area contributed by atoms with Crippen molar-refractivity contribution in [2.45, 2.75) is 128 Å². The second-order valence-corrected chi connectivity index (χ2v) is 11.9. The molecule has 0 aromatic carbocycles. The monoisotopic (exact) mass is 492 g/mol. The summed E-state index contributed by atoms with van der Waals surface area (Å²) < 4.78 is 18.8. The molecule has 4 aliphatic rings. The summed E-state index contributed by atoms with van der Waals surface area (Å²) in [5.74, 6) is -1.36. The van der Waals surface area contributed by atoms with E-state index in [0.717, 1.165) is 32.1 Å². The third-order valence-electron chi connectivity index (χ3n) is 9.35. The van der Waals surface area contributed by atoms with Crippen LogP contribution in [-0.4, -0.2) is 57.8 Å². The summed E-state index contributed by atoms with van der Waals surface area (Å²) >= 11 is 0. The van der Waals surface area contributed by atoms with E-state index in [4.69, 9.17) is 14.2 Å². The van der Waals surface area contributed by atoms with Crippen LogP contribution in [0.4, 0.5) is 0 Å². The van der Waals surface area contributed by atoms with Crippen molar-refractivity contribution in [3.63, 3.8) is 0 Å². The number of carbonyl (C=O) groups is 2. The van der Waals surface area contributed by atoms with Gasteiger partial charge in [0.05, 0.1) is 23.7 Å².